The summed E-state index contributed by atoms with van der Waals surface area (Å²) in [5.74, 6) is -21.9. The Morgan fingerprint density at radius 3 is 2.04 bits per heavy atom. The van der Waals surface area contributed by atoms with Crippen molar-refractivity contribution in [1.29, 1.82) is 0 Å². The van der Waals surface area contributed by atoms with Gasteiger partial charge in [-0.05, 0) is 6.07 Å². The highest BCUT2D eigenvalue weighted by atomic mass is 19.4. The maximum absolute atomic E-state index is 13.5. The van der Waals surface area contributed by atoms with E-state index in [-0.39, 0.29) is 0 Å². The molecule has 28 heavy (non-hydrogen) atoms. The second kappa shape index (κ2) is 7.39. The molecule has 0 aliphatic carbocycles. The Kier molecular flexibility index (Phi) is 6.01. The number of hydrogen-bond donors (Lipinski definition) is 2. The number of amidine groups is 1. The van der Waals surface area contributed by atoms with Crippen molar-refractivity contribution in [3.05, 3.63) is 38.4 Å². The number of benzene rings is 1. The lowest BCUT2D eigenvalue weighted by Gasteiger charge is -2.31. The van der Waals surface area contributed by atoms with Gasteiger partial charge >= 0.3 is 29.9 Å². The number of nitrogens with two attached hydrogens (primary N) is 1. The Morgan fingerprint density at radius 2 is 1.61 bits per heavy atom. The first-order valence-corrected chi connectivity index (χ1v) is 6.51. The molecular formula is C11H7F8N5O4. The molecule has 0 aliphatic heterocycles. The second-order valence-electron chi connectivity index (χ2n) is 4.90. The summed E-state index contributed by atoms with van der Waals surface area (Å²) < 4.78 is 103. The molecule has 0 saturated carbocycles. The molecule has 1 rings (SSSR count). The highest BCUT2D eigenvalue weighted by molar-refractivity contribution is 5.89. The highest BCUT2D eigenvalue weighted by Crippen LogP contribution is 2.48. The molecule has 1 aromatic rings. The highest BCUT2D eigenvalue weighted by Gasteiger charge is 2.77. The summed E-state index contributed by atoms with van der Waals surface area (Å²) in [5.41, 5.74) is 3.03. The Bertz CT molecular complexity index is 816. The Balaban J connectivity index is 3.29. The number of anilines is 1. The average molecular weight is 425 g/mol. The molecule has 0 spiro atoms. The van der Waals surface area contributed by atoms with E-state index < -0.39 is 56.9 Å². The van der Waals surface area contributed by atoms with Crippen LogP contribution in [0.3, 0.4) is 0 Å². The van der Waals surface area contributed by atoms with Gasteiger partial charge in [-0.2, -0.15) is 31.4 Å². The number of nitro groups is 2. The quantitative estimate of drug-likeness (QED) is 0.216. The summed E-state index contributed by atoms with van der Waals surface area (Å²) in [5, 5.41) is 23.7. The van der Waals surface area contributed by atoms with Gasteiger partial charge in [0.1, 0.15) is 5.69 Å². The third-order valence-electron chi connectivity index (χ3n) is 3.09. The van der Waals surface area contributed by atoms with E-state index >= 15 is 0 Å². The first-order valence-electron chi connectivity index (χ1n) is 6.51. The van der Waals surface area contributed by atoms with Crippen LogP contribution in [0, 0.1) is 20.2 Å². The predicted molar refractivity (Wildman–Crippen MR) is 75.8 cm³/mol. The molecule has 1 aromatic carbocycles. The van der Waals surface area contributed by atoms with E-state index in [2.05, 4.69) is 10.8 Å². The van der Waals surface area contributed by atoms with Gasteiger partial charge in [0.05, 0.1) is 15.9 Å². The lowest BCUT2D eigenvalue weighted by atomic mass is 10.0. The topological polar surface area (TPSA) is 137 Å². The van der Waals surface area contributed by atoms with E-state index in [9.17, 15) is 55.4 Å². The summed E-state index contributed by atoms with van der Waals surface area (Å²) >= 11 is 0. The molecule has 0 aromatic heterocycles. The van der Waals surface area contributed by atoms with Gasteiger partial charge in [-0.1, -0.05) is 0 Å². The summed E-state index contributed by atoms with van der Waals surface area (Å²) in [6.45, 7) is 0. The van der Waals surface area contributed by atoms with Gasteiger partial charge in [-0.3, -0.25) is 25.7 Å². The van der Waals surface area contributed by atoms with Crippen molar-refractivity contribution in [2.24, 2.45) is 10.8 Å². The summed E-state index contributed by atoms with van der Waals surface area (Å²) in [6.07, 6.45) is -5.18. The first-order chi connectivity index (χ1) is 12.6. The number of nitrogens with zero attached hydrogens (tertiary/aromatic N) is 3. The summed E-state index contributed by atoms with van der Waals surface area (Å²) in [6, 6.07) is 1.52. The molecule has 17 heteroatoms. The van der Waals surface area contributed by atoms with Gasteiger partial charge in [0.25, 0.3) is 5.69 Å². The molecule has 0 heterocycles. The van der Waals surface area contributed by atoms with Crippen LogP contribution in [0.4, 0.5) is 52.2 Å². The molecule has 0 radical (unpaired) electrons. The van der Waals surface area contributed by atoms with Gasteiger partial charge in [0.2, 0.25) is 0 Å². The molecule has 0 saturated heterocycles. The maximum Gasteiger partial charge on any atom is 0.385 e. The Labute approximate surface area is 148 Å². The van der Waals surface area contributed by atoms with Gasteiger partial charge in [0, 0.05) is 6.07 Å². The lowest BCUT2D eigenvalue weighted by molar-refractivity contribution is -0.393. The van der Waals surface area contributed by atoms with Crippen molar-refractivity contribution < 1.29 is 45.0 Å². The third kappa shape index (κ3) is 3.86. The van der Waals surface area contributed by atoms with E-state index in [1.807, 2.05) is 0 Å². The van der Waals surface area contributed by atoms with Crippen molar-refractivity contribution in [3.8, 4) is 0 Å². The van der Waals surface area contributed by atoms with Crippen LogP contribution in [0.5, 0.6) is 0 Å². The fraction of sp³-hybridized carbons (Fsp3) is 0.364. The molecule has 0 amide bonds. The molecule has 156 valence electrons. The number of nitrogens with one attached hydrogen (secondary N) is 1. The average Bonchev–Trinajstić information content (AvgIpc) is 2.58. The van der Waals surface area contributed by atoms with Crippen LogP contribution in [-0.2, 0) is 0 Å². The van der Waals surface area contributed by atoms with Crippen LogP contribution in [0.1, 0.15) is 0 Å². The number of nitro benzene ring substituents is 2. The number of hydrogen-bond acceptors (Lipinski definition) is 6. The zero-order chi connectivity index (χ0) is 22.1. The molecular weight excluding hydrogens is 418 g/mol. The largest absolute Gasteiger partial charge is 0.385 e. The lowest BCUT2D eigenvalue weighted by Crippen LogP contribution is -2.62. The number of rotatable bonds is 8. The fourth-order valence-corrected chi connectivity index (χ4v) is 1.58. The van der Waals surface area contributed by atoms with Crippen LogP contribution < -0.4 is 11.2 Å². The molecule has 3 N–H and O–H groups in total. The second-order valence-corrected chi connectivity index (χ2v) is 4.90. The number of hydrazone groups is 1. The Hall–Kier alpha value is -3.27. The van der Waals surface area contributed by atoms with E-state index in [1.54, 1.807) is 0 Å². The van der Waals surface area contributed by atoms with E-state index in [4.69, 9.17) is 0 Å². The number of alkyl halides is 8. The van der Waals surface area contributed by atoms with Crippen LogP contribution in [0.15, 0.2) is 23.3 Å². The third-order valence-corrected chi connectivity index (χ3v) is 3.09. The van der Waals surface area contributed by atoms with Crippen molar-refractivity contribution >= 4 is 22.9 Å². The van der Waals surface area contributed by atoms with Crippen molar-refractivity contribution in [3.63, 3.8) is 0 Å². The molecule has 0 aliphatic rings. The van der Waals surface area contributed by atoms with Crippen LogP contribution >= 0.6 is 0 Å². The zero-order valence-corrected chi connectivity index (χ0v) is 12.9. The van der Waals surface area contributed by atoms with Crippen molar-refractivity contribution in [2.45, 2.75) is 24.2 Å². The minimum Gasteiger partial charge on any atom is -0.380 e. The molecule has 0 unspecified atom stereocenters. The van der Waals surface area contributed by atoms with Crippen molar-refractivity contribution in [1.82, 2.24) is 0 Å². The van der Waals surface area contributed by atoms with Crippen LogP contribution in [-0.4, -0.2) is 39.9 Å². The normalized spacial score (nSPS) is 13.5. The van der Waals surface area contributed by atoms with Crippen LogP contribution in [0.25, 0.3) is 0 Å². The minimum atomic E-state index is -6.68. The van der Waals surface area contributed by atoms with E-state index in [1.165, 1.54) is 5.43 Å². The van der Waals surface area contributed by atoms with Crippen LogP contribution in [0.2, 0.25) is 0 Å². The number of halogens is 8. The maximum atomic E-state index is 13.5. The first kappa shape index (κ1) is 22.8. The van der Waals surface area contributed by atoms with E-state index in [0.717, 1.165) is 0 Å². The van der Waals surface area contributed by atoms with Gasteiger partial charge in [0.15, 0.2) is 5.84 Å². The van der Waals surface area contributed by atoms with Gasteiger partial charge in [-0.25, -0.2) is 8.78 Å². The van der Waals surface area contributed by atoms with E-state index in [0.29, 0.717) is 18.2 Å². The summed E-state index contributed by atoms with van der Waals surface area (Å²) in [4.78, 5) is 19.0. The standard InChI is InChI=1S/C11H7F8N5O4/c12-7(13)9(14,15)11(18,19)10(16,17)8(20)22-21-5-2-1-4(23(25)26)3-6(5)24(27)28/h1-3,7,21H,(H2,20,22). The monoisotopic (exact) mass is 425 g/mol. The SMILES string of the molecule is N/C(=N/Nc1ccc([N+](=O)[O-])cc1[N+](=O)[O-])C(F)(F)C(F)(F)C(F)(F)C(F)F. The smallest absolute Gasteiger partial charge is 0.380 e. The predicted octanol–water partition coefficient (Wildman–Crippen LogP) is 3.36. The molecule has 0 atom stereocenters. The summed E-state index contributed by atoms with van der Waals surface area (Å²) in [7, 11) is 0. The molecule has 0 bridgehead atoms. The fourth-order valence-electron chi connectivity index (χ4n) is 1.58. The molecule has 0 fully saturated rings. The van der Waals surface area contributed by atoms with Crippen molar-refractivity contribution in [2.75, 3.05) is 5.43 Å². The van der Waals surface area contributed by atoms with Gasteiger partial charge < -0.3 is 5.73 Å². The minimum absolute atomic E-state index is 0.339. The number of non-ortho nitro benzene ring substituents is 1. The zero-order valence-electron chi connectivity index (χ0n) is 12.9. The van der Waals surface area contributed by atoms with Gasteiger partial charge in [-0.15, -0.1) is 0 Å². The Morgan fingerprint density at radius 1 is 1.07 bits per heavy atom. The molecule has 9 nitrogen and oxygen atoms in total.